The molecule has 0 amide bonds. The largest absolute Gasteiger partial charge is 0.311 e. The number of nitrogens with zero attached hydrogens (tertiary/aromatic N) is 2. The lowest BCUT2D eigenvalue weighted by molar-refractivity contribution is 1.19. The Hall–Kier alpha value is -7.42. The van der Waals surface area contributed by atoms with Gasteiger partial charge in [0.1, 0.15) is 0 Å². The van der Waals surface area contributed by atoms with Crippen molar-refractivity contribution < 1.29 is 0 Å². The summed E-state index contributed by atoms with van der Waals surface area (Å²) in [6, 6.07) is 79.2. The van der Waals surface area contributed by atoms with Crippen LogP contribution in [0.5, 0.6) is 0 Å². The minimum Gasteiger partial charge on any atom is -0.311 e. The van der Waals surface area contributed by atoms with E-state index in [9.17, 15) is 0 Å². The maximum Gasteiger partial charge on any atom is 0.0626 e. The molecule has 0 saturated carbocycles. The Bertz CT molecular complexity index is 3200. The average molecular weight is 713 g/mol. The third-order valence-electron chi connectivity index (χ3n) is 11.4. The van der Waals surface area contributed by atoms with Crippen LogP contribution in [0.15, 0.2) is 218 Å². The highest BCUT2D eigenvalue weighted by atomic mass is 15.1. The molecule has 11 aromatic rings. The fraction of sp³-hybridized carbons (Fsp3) is 0. The molecule has 2 nitrogen and oxygen atoms in total. The molecule has 0 fully saturated rings. The molecule has 0 unspecified atom stereocenters. The van der Waals surface area contributed by atoms with Crippen molar-refractivity contribution in [2.75, 3.05) is 4.90 Å². The van der Waals surface area contributed by atoms with Crippen LogP contribution in [0, 0.1) is 0 Å². The van der Waals surface area contributed by atoms with Crippen molar-refractivity contribution >= 4 is 71.2 Å². The Morgan fingerprint density at radius 1 is 0.286 bits per heavy atom. The van der Waals surface area contributed by atoms with E-state index in [1.54, 1.807) is 0 Å². The number of para-hydroxylation sites is 2. The second kappa shape index (κ2) is 13.2. The van der Waals surface area contributed by atoms with Crippen LogP contribution >= 0.6 is 0 Å². The minimum atomic E-state index is 1.11. The first-order valence-electron chi connectivity index (χ1n) is 19.3. The van der Waals surface area contributed by atoms with Gasteiger partial charge in [0.05, 0.1) is 11.0 Å². The van der Waals surface area contributed by atoms with Crippen molar-refractivity contribution in [1.82, 2.24) is 4.57 Å². The van der Waals surface area contributed by atoms with Gasteiger partial charge >= 0.3 is 0 Å². The second-order valence-electron chi connectivity index (χ2n) is 14.5. The summed E-state index contributed by atoms with van der Waals surface area (Å²) in [5.41, 5.74) is 11.7. The molecular formula is C54H36N2. The van der Waals surface area contributed by atoms with Gasteiger partial charge in [-0.05, 0) is 98.4 Å². The van der Waals surface area contributed by atoms with Crippen molar-refractivity contribution in [3.63, 3.8) is 0 Å². The molecule has 0 atom stereocenters. The zero-order chi connectivity index (χ0) is 37.0. The van der Waals surface area contributed by atoms with E-state index in [1.165, 1.54) is 76.4 Å². The number of rotatable bonds is 6. The van der Waals surface area contributed by atoms with Crippen molar-refractivity contribution in [2.24, 2.45) is 0 Å². The molecule has 1 heterocycles. The summed E-state index contributed by atoms with van der Waals surface area (Å²) in [5, 5.41) is 10.3. The van der Waals surface area contributed by atoms with Gasteiger partial charge in [0, 0.05) is 44.3 Å². The van der Waals surface area contributed by atoms with Gasteiger partial charge < -0.3 is 9.47 Å². The van der Waals surface area contributed by atoms with Crippen molar-refractivity contribution in [2.45, 2.75) is 0 Å². The van der Waals surface area contributed by atoms with Gasteiger partial charge in [0.15, 0.2) is 0 Å². The Kier molecular flexibility index (Phi) is 7.53. The van der Waals surface area contributed by atoms with Gasteiger partial charge in [-0.1, -0.05) is 164 Å². The Labute approximate surface area is 325 Å². The molecule has 1 aromatic heterocycles. The number of aromatic nitrogens is 1. The zero-order valence-electron chi connectivity index (χ0n) is 30.7. The molecule has 56 heavy (non-hydrogen) atoms. The number of benzene rings is 10. The Balaban J connectivity index is 1.01. The van der Waals surface area contributed by atoms with E-state index in [2.05, 4.69) is 228 Å². The second-order valence-corrected chi connectivity index (χ2v) is 14.5. The summed E-state index contributed by atoms with van der Waals surface area (Å²) in [7, 11) is 0. The lowest BCUT2D eigenvalue weighted by atomic mass is 9.93. The van der Waals surface area contributed by atoms with Crippen molar-refractivity contribution in [1.29, 1.82) is 0 Å². The third-order valence-corrected chi connectivity index (χ3v) is 11.4. The highest BCUT2D eigenvalue weighted by Gasteiger charge is 2.20. The molecule has 0 radical (unpaired) electrons. The third kappa shape index (κ3) is 5.19. The molecule has 2 heteroatoms. The van der Waals surface area contributed by atoms with Crippen molar-refractivity contribution in [3.05, 3.63) is 218 Å². The van der Waals surface area contributed by atoms with E-state index in [0.29, 0.717) is 0 Å². The summed E-state index contributed by atoms with van der Waals surface area (Å²) >= 11 is 0. The smallest absolute Gasteiger partial charge is 0.0626 e. The first kappa shape index (κ1) is 32.0. The first-order chi connectivity index (χ1) is 27.8. The first-order valence-corrected chi connectivity index (χ1v) is 19.3. The predicted molar refractivity (Wildman–Crippen MR) is 239 cm³/mol. The van der Waals surface area contributed by atoms with Crippen LogP contribution in [-0.4, -0.2) is 4.57 Å². The molecule has 0 aliphatic heterocycles. The molecule has 11 rings (SSSR count). The molecule has 0 spiro atoms. The maximum atomic E-state index is 2.47. The molecule has 0 saturated heterocycles. The van der Waals surface area contributed by atoms with Crippen LogP contribution in [0.1, 0.15) is 0 Å². The van der Waals surface area contributed by atoms with E-state index in [-0.39, 0.29) is 0 Å². The Morgan fingerprint density at radius 2 is 0.768 bits per heavy atom. The van der Waals surface area contributed by atoms with E-state index < -0.39 is 0 Å². The average Bonchev–Trinajstić information content (AvgIpc) is 3.63. The van der Waals surface area contributed by atoms with Crippen LogP contribution in [0.2, 0.25) is 0 Å². The van der Waals surface area contributed by atoms with Gasteiger partial charge in [-0.25, -0.2) is 0 Å². The topological polar surface area (TPSA) is 8.17 Å². The lowest BCUT2D eigenvalue weighted by Gasteiger charge is -2.26. The number of fused-ring (bicyclic) bond motifs is 10. The summed E-state index contributed by atoms with van der Waals surface area (Å²) in [4.78, 5) is 2.32. The fourth-order valence-corrected chi connectivity index (χ4v) is 8.77. The molecule has 0 aliphatic rings. The summed E-state index contributed by atoms with van der Waals surface area (Å²) < 4.78 is 2.47. The van der Waals surface area contributed by atoms with Gasteiger partial charge in [-0.2, -0.15) is 0 Å². The summed E-state index contributed by atoms with van der Waals surface area (Å²) in [5.74, 6) is 0. The van der Waals surface area contributed by atoms with E-state index >= 15 is 0 Å². The minimum absolute atomic E-state index is 1.11. The molecule has 262 valence electrons. The van der Waals surface area contributed by atoms with Gasteiger partial charge in [-0.3, -0.25) is 0 Å². The quantitative estimate of drug-likeness (QED) is 0.156. The molecule has 0 N–H and O–H groups in total. The van der Waals surface area contributed by atoms with E-state index in [4.69, 9.17) is 0 Å². The summed E-state index contributed by atoms with van der Waals surface area (Å²) in [6.45, 7) is 0. The standard InChI is InChI=1S/C54H36N2/c1-3-13-37(14-4-1)38-23-30-43(31-24-38)55(42-16-5-2-6-17-42)44-32-25-39(26-33-44)40-27-34-45(35-28-40)56-51-22-12-11-21-50(51)53-52-46-18-8-7-15-41(46)29-36-48(52)47-19-9-10-20-49(47)54(53)56/h1-36H. The van der Waals surface area contributed by atoms with Crippen LogP contribution < -0.4 is 4.90 Å². The highest BCUT2D eigenvalue weighted by Crippen LogP contribution is 2.45. The van der Waals surface area contributed by atoms with E-state index in [1.807, 2.05) is 0 Å². The number of hydrogen-bond donors (Lipinski definition) is 0. The van der Waals surface area contributed by atoms with Crippen LogP contribution in [0.3, 0.4) is 0 Å². The monoisotopic (exact) mass is 712 g/mol. The maximum absolute atomic E-state index is 2.47. The van der Waals surface area contributed by atoms with Crippen LogP contribution in [0.25, 0.3) is 82.1 Å². The lowest BCUT2D eigenvalue weighted by Crippen LogP contribution is -2.09. The fourth-order valence-electron chi connectivity index (χ4n) is 8.77. The predicted octanol–water partition coefficient (Wildman–Crippen LogP) is 15.0. The molecular weight excluding hydrogens is 677 g/mol. The van der Waals surface area contributed by atoms with Crippen LogP contribution in [0.4, 0.5) is 17.1 Å². The molecule has 0 bridgehead atoms. The van der Waals surface area contributed by atoms with Crippen molar-refractivity contribution in [3.8, 4) is 27.9 Å². The SMILES string of the molecule is c1ccc(-c2ccc(N(c3ccccc3)c3ccc(-c4ccc(-n5c6ccccc6c6c7c8ccccc8ccc7c7ccccc7c65)cc4)cc3)cc2)cc1. The summed E-state index contributed by atoms with van der Waals surface area (Å²) in [6.07, 6.45) is 0. The zero-order valence-corrected chi connectivity index (χ0v) is 30.7. The highest BCUT2D eigenvalue weighted by molar-refractivity contribution is 6.36. The molecule has 10 aromatic carbocycles. The van der Waals surface area contributed by atoms with Gasteiger partial charge in [-0.15, -0.1) is 0 Å². The Morgan fingerprint density at radius 3 is 1.43 bits per heavy atom. The van der Waals surface area contributed by atoms with Crippen LogP contribution in [-0.2, 0) is 0 Å². The van der Waals surface area contributed by atoms with Gasteiger partial charge in [0.2, 0.25) is 0 Å². The number of anilines is 3. The normalized spacial score (nSPS) is 11.6. The van der Waals surface area contributed by atoms with Gasteiger partial charge in [0.25, 0.3) is 0 Å². The molecule has 0 aliphatic carbocycles. The van der Waals surface area contributed by atoms with E-state index in [0.717, 1.165) is 22.7 Å². The number of hydrogen-bond acceptors (Lipinski definition) is 1.